The zero-order chi connectivity index (χ0) is 22.3. The summed E-state index contributed by atoms with van der Waals surface area (Å²) in [6.45, 7) is 0. The standard InChI is InChI=1S/C24H9Br3N6/c25-10-1-4-13-16(7-10)31-22-19(28-13)23-21(30-14-5-2-11(26)8-17(14)32-23)24-20(22)29-15-6-3-12(27)9-18(15)33-24/h1-9H. The highest BCUT2D eigenvalue weighted by Gasteiger charge is 2.19. The Balaban J connectivity index is 1.78. The van der Waals surface area contributed by atoms with Crippen molar-refractivity contribution < 1.29 is 0 Å². The Hall–Kier alpha value is -2.88. The lowest BCUT2D eigenvalue weighted by Gasteiger charge is -2.10. The SMILES string of the molecule is Brc1ccc2nc3c4nc5cc(Br)ccc5nc4c4nc5cc(Br)ccc5nc4c3nc2c1. The molecule has 0 radical (unpaired) electrons. The van der Waals surface area contributed by atoms with Crippen LogP contribution in [0.4, 0.5) is 0 Å². The van der Waals surface area contributed by atoms with Crippen LogP contribution in [0.25, 0.3) is 66.2 Å². The lowest BCUT2D eigenvalue weighted by atomic mass is 10.1. The molecule has 0 aliphatic rings. The molecular formula is C24H9Br3N6. The van der Waals surface area contributed by atoms with Crippen LogP contribution in [0, 0.1) is 0 Å². The van der Waals surface area contributed by atoms with E-state index in [4.69, 9.17) is 29.9 Å². The summed E-state index contributed by atoms with van der Waals surface area (Å²) in [5, 5.41) is 0. The van der Waals surface area contributed by atoms with E-state index in [0.29, 0.717) is 33.1 Å². The molecule has 0 aliphatic heterocycles. The van der Waals surface area contributed by atoms with Gasteiger partial charge in [-0.1, -0.05) is 47.8 Å². The van der Waals surface area contributed by atoms with Crippen LogP contribution in [0.3, 0.4) is 0 Å². The zero-order valence-electron chi connectivity index (χ0n) is 16.5. The average Bonchev–Trinajstić information content (AvgIpc) is 2.81. The molecule has 3 heterocycles. The van der Waals surface area contributed by atoms with Gasteiger partial charge in [0.2, 0.25) is 0 Å². The summed E-state index contributed by atoms with van der Waals surface area (Å²) in [6, 6.07) is 17.5. The molecule has 0 saturated heterocycles. The molecule has 0 spiro atoms. The van der Waals surface area contributed by atoms with Crippen LogP contribution in [0.5, 0.6) is 0 Å². The van der Waals surface area contributed by atoms with Crippen molar-refractivity contribution in [3.8, 4) is 0 Å². The van der Waals surface area contributed by atoms with E-state index in [0.717, 1.165) is 46.5 Å². The number of hydrogen-bond donors (Lipinski definition) is 0. The predicted molar refractivity (Wildman–Crippen MR) is 141 cm³/mol. The van der Waals surface area contributed by atoms with E-state index in [1.54, 1.807) is 0 Å². The maximum atomic E-state index is 4.96. The van der Waals surface area contributed by atoms with E-state index in [1.807, 2.05) is 54.6 Å². The highest BCUT2D eigenvalue weighted by molar-refractivity contribution is 9.11. The van der Waals surface area contributed by atoms with Gasteiger partial charge in [-0.05, 0) is 54.6 Å². The Kier molecular flexibility index (Phi) is 4.19. The minimum absolute atomic E-state index is 0.657. The maximum absolute atomic E-state index is 4.96. The van der Waals surface area contributed by atoms with Gasteiger partial charge in [0.1, 0.15) is 33.1 Å². The summed E-state index contributed by atoms with van der Waals surface area (Å²) < 4.78 is 2.81. The van der Waals surface area contributed by atoms with E-state index in [2.05, 4.69) is 47.8 Å². The van der Waals surface area contributed by atoms with Crippen LogP contribution in [-0.4, -0.2) is 29.9 Å². The summed E-state index contributed by atoms with van der Waals surface area (Å²) >= 11 is 10.6. The molecule has 0 bridgehead atoms. The molecule has 33 heavy (non-hydrogen) atoms. The van der Waals surface area contributed by atoms with Crippen LogP contribution in [0.2, 0.25) is 0 Å². The van der Waals surface area contributed by atoms with E-state index in [-0.39, 0.29) is 0 Å². The Morgan fingerprint density at radius 1 is 0.333 bits per heavy atom. The van der Waals surface area contributed by atoms with E-state index in [1.165, 1.54) is 0 Å². The quantitative estimate of drug-likeness (QED) is 0.131. The molecule has 0 saturated carbocycles. The highest BCUT2D eigenvalue weighted by Crippen LogP contribution is 2.34. The largest absolute Gasteiger partial charge is 0.242 e. The zero-order valence-corrected chi connectivity index (χ0v) is 21.3. The molecular weight excluding hydrogens is 612 g/mol. The van der Waals surface area contributed by atoms with Gasteiger partial charge in [0.05, 0.1) is 33.1 Å². The highest BCUT2D eigenvalue weighted by atomic mass is 79.9. The minimum Gasteiger partial charge on any atom is -0.242 e. The first kappa shape index (κ1) is 19.6. The summed E-state index contributed by atoms with van der Waals surface area (Å²) in [5.41, 5.74) is 8.59. The molecule has 3 aromatic heterocycles. The molecule has 4 aromatic carbocycles. The Morgan fingerprint density at radius 3 is 0.848 bits per heavy atom. The number of halogens is 3. The number of benzene rings is 4. The van der Waals surface area contributed by atoms with Crippen molar-refractivity contribution in [2.75, 3.05) is 0 Å². The molecule has 0 amide bonds. The molecule has 0 aliphatic carbocycles. The monoisotopic (exact) mass is 618 g/mol. The third-order valence-corrected chi connectivity index (χ3v) is 7.03. The van der Waals surface area contributed by atoms with Crippen molar-refractivity contribution >= 4 is 114 Å². The van der Waals surface area contributed by atoms with Gasteiger partial charge in [-0.3, -0.25) is 0 Å². The van der Waals surface area contributed by atoms with Gasteiger partial charge in [0.25, 0.3) is 0 Å². The number of fused-ring (bicyclic) bond motifs is 9. The molecule has 7 rings (SSSR count). The first-order valence-electron chi connectivity index (χ1n) is 9.96. The van der Waals surface area contributed by atoms with Gasteiger partial charge in [-0.15, -0.1) is 0 Å². The summed E-state index contributed by atoms with van der Waals surface area (Å²) in [6.07, 6.45) is 0. The average molecular weight is 621 g/mol. The van der Waals surface area contributed by atoms with Crippen LogP contribution >= 0.6 is 47.8 Å². The smallest absolute Gasteiger partial charge is 0.120 e. The topological polar surface area (TPSA) is 77.3 Å². The second-order valence-corrected chi connectivity index (χ2v) is 10.4. The summed E-state index contributed by atoms with van der Waals surface area (Å²) in [4.78, 5) is 29.7. The molecule has 7 aromatic rings. The second-order valence-electron chi connectivity index (χ2n) is 7.66. The van der Waals surface area contributed by atoms with E-state index < -0.39 is 0 Å². The number of nitrogens with zero attached hydrogens (tertiary/aromatic N) is 6. The molecule has 0 N–H and O–H groups in total. The molecule has 9 heteroatoms. The second kappa shape index (κ2) is 7.06. The van der Waals surface area contributed by atoms with Crippen LogP contribution < -0.4 is 0 Å². The van der Waals surface area contributed by atoms with Gasteiger partial charge in [0.15, 0.2) is 0 Å². The number of hydrogen-bond acceptors (Lipinski definition) is 6. The fourth-order valence-corrected chi connectivity index (χ4v) is 5.12. The van der Waals surface area contributed by atoms with Gasteiger partial charge in [0, 0.05) is 13.4 Å². The Morgan fingerprint density at radius 2 is 0.576 bits per heavy atom. The van der Waals surface area contributed by atoms with E-state index >= 15 is 0 Å². The lowest BCUT2D eigenvalue weighted by Crippen LogP contribution is -1.99. The van der Waals surface area contributed by atoms with Crippen molar-refractivity contribution in [2.45, 2.75) is 0 Å². The van der Waals surface area contributed by atoms with Crippen LogP contribution in [0.15, 0.2) is 68.0 Å². The van der Waals surface area contributed by atoms with Crippen molar-refractivity contribution in [3.63, 3.8) is 0 Å². The fourth-order valence-electron chi connectivity index (χ4n) is 4.07. The Labute approximate surface area is 210 Å². The molecule has 156 valence electrons. The summed E-state index contributed by atoms with van der Waals surface area (Å²) in [7, 11) is 0. The van der Waals surface area contributed by atoms with Gasteiger partial charge in [-0.25, -0.2) is 29.9 Å². The lowest BCUT2D eigenvalue weighted by molar-refractivity contribution is 1.33. The third kappa shape index (κ3) is 3.03. The van der Waals surface area contributed by atoms with Gasteiger partial charge < -0.3 is 0 Å². The molecule has 0 unspecified atom stereocenters. The van der Waals surface area contributed by atoms with Crippen molar-refractivity contribution in [3.05, 3.63) is 68.0 Å². The molecule has 0 fully saturated rings. The number of rotatable bonds is 0. The van der Waals surface area contributed by atoms with Crippen molar-refractivity contribution in [2.24, 2.45) is 0 Å². The van der Waals surface area contributed by atoms with Crippen LogP contribution in [0.1, 0.15) is 0 Å². The maximum Gasteiger partial charge on any atom is 0.120 e. The Bertz CT molecular complexity index is 1720. The first-order chi connectivity index (χ1) is 16.0. The third-order valence-electron chi connectivity index (χ3n) is 5.55. The predicted octanol–water partition coefficient (Wildman–Crippen LogP) is 7.26. The molecule has 0 atom stereocenters. The number of aromatic nitrogens is 6. The summed E-state index contributed by atoms with van der Waals surface area (Å²) in [5.74, 6) is 0. The first-order valence-corrected chi connectivity index (χ1v) is 12.3. The van der Waals surface area contributed by atoms with Gasteiger partial charge in [-0.2, -0.15) is 0 Å². The fraction of sp³-hybridized carbons (Fsp3) is 0. The van der Waals surface area contributed by atoms with E-state index in [9.17, 15) is 0 Å². The molecule has 6 nitrogen and oxygen atoms in total. The normalized spacial score (nSPS) is 12.1. The van der Waals surface area contributed by atoms with Crippen LogP contribution in [-0.2, 0) is 0 Å². The van der Waals surface area contributed by atoms with Crippen molar-refractivity contribution in [1.29, 1.82) is 0 Å². The minimum atomic E-state index is 0.657. The van der Waals surface area contributed by atoms with Gasteiger partial charge >= 0.3 is 0 Å². The van der Waals surface area contributed by atoms with Crippen molar-refractivity contribution in [1.82, 2.24) is 29.9 Å².